The molecule has 16 heavy (non-hydrogen) atoms. The Morgan fingerprint density at radius 3 is 2.50 bits per heavy atom. The Balaban J connectivity index is 2.93. The van der Waals surface area contributed by atoms with Gasteiger partial charge in [-0.1, -0.05) is 12.1 Å². The maximum Gasteiger partial charge on any atom is 0.340 e. The van der Waals surface area contributed by atoms with E-state index in [4.69, 9.17) is 14.9 Å². The van der Waals surface area contributed by atoms with Crippen molar-refractivity contribution in [3.63, 3.8) is 0 Å². The number of halogens is 1. The van der Waals surface area contributed by atoms with Gasteiger partial charge in [0.2, 0.25) is 0 Å². The molecule has 0 fully saturated rings. The van der Waals surface area contributed by atoms with Crippen LogP contribution in [0.5, 0.6) is 0 Å². The minimum Gasteiger partial charge on any atom is -0.481 e. The SMILES string of the molecule is O=C(O)C(Cc1cccc(F)c1)P(=O)(O)O. The summed E-state index contributed by atoms with van der Waals surface area (Å²) in [5.74, 6) is -2.18. The minimum absolute atomic E-state index is 0.232. The molecule has 0 bridgehead atoms. The standard InChI is InChI=1S/C9H10FO5P/c10-7-3-1-2-6(4-7)5-8(9(11)12)16(13,14)15/h1-4,8H,5H2,(H,11,12)(H2,13,14,15). The Bertz CT molecular complexity index is 441. The lowest BCUT2D eigenvalue weighted by Gasteiger charge is -2.13. The minimum atomic E-state index is -4.73. The Hall–Kier alpha value is -1.23. The van der Waals surface area contributed by atoms with E-state index in [1.807, 2.05) is 0 Å². The quantitative estimate of drug-likeness (QED) is 0.691. The summed E-state index contributed by atoms with van der Waals surface area (Å²) in [6, 6.07) is 4.97. The molecule has 0 saturated heterocycles. The second-order valence-corrected chi connectivity index (χ2v) is 5.08. The van der Waals surface area contributed by atoms with Crippen molar-refractivity contribution in [2.24, 2.45) is 0 Å². The topological polar surface area (TPSA) is 94.8 Å². The zero-order valence-electron chi connectivity index (χ0n) is 8.08. The number of rotatable bonds is 4. The first kappa shape index (κ1) is 12.8. The van der Waals surface area contributed by atoms with Crippen molar-refractivity contribution >= 4 is 13.6 Å². The Kier molecular flexibility index (Phi) is 3.80. The molecule has 1 aromatic rings. The summed E-state index contributed by atoms with van der Waals surface area (Å²) in [5, 5.41) is 8.65. The number of carbonyl (C=O) groups is 1. The normalized spacial score (nSPS) is 13.4. The Labute approximate surface area is 90.7 Å². The number of hydrogen-bond acceptors (Lipinski definition) is 2. The Morgan fingerprint density at radius 2 is 2.06 bits per heavy atom. The van der Waals surface area contributed by atoms with Crippen molar-refractivity contribution in [3.8, 4) is 0 Å². The van der Waals surface area contributed by atoms with Crippen molar-refractivity contribution in [2.75, 3.05) is 0 Å². The molecule has 0 aliphatic carbocycles. The highest BCUT2D eigenvalue weighted by atomic mass is 31.2. The Morgan fingerprint density at radius 1 is 1.44 bits per heavy atom. The van der Waals surface area contributed by atoms with Crippen LogP contribution in [-0.2, 0) is 15.8 Å². The molecule has 0 saturated carbocycles. The third-order valence-electron chi connectivity index (χ3n) is 2.01. The molecule has 0 spiro atoms. The molecule has 0 aromatic heterocycles. The van der Waals surface area contributed by atoms with E-state index < -0.39 is 31.5 Å². The largest absolute Gasteiger partial charge is 0.481 e. The summed E-state index contributed by atoms with van der Waals surface area (Å²) < 4.78 is 23.7. The molecule has 88 valence electrons. The van der Waals surface area contributed by atoms with Crippen LogP contribution in [0.25, 0.3) is 0 Å². The first-order valence-corrected chi connectivity index (χ1v) is 6.01. The van der Waals surface area contributed by atoms with Crippen molar-refractivity contribution in [1.29, 1.82) is 0 Å². The summed E-state index contributed by atoms with van der Waals surface area (Å²) in [5.41, 5.74) is -1.61. The van der Waals surface area contributed by atoms with E-state index in [1.54, 1.807) is 0 Å². The highest BCUT2D eigenvalue weighted by Gasteiger charge is 2.35. The molecule has 0 heterocycles. The fraction of sp³-hybridized carbons (Fsp3) is 0.222. The van der Waals surface area contributed by atoms with Gasteiger partial charge in [-0.25, -0.2) is 4.39 Å². The van der Waals surface area contributed by atoms with E-state index in [0.717, 1.165) is 12.1 Å². The van der Waals surface area contributed by atoms with E-state index in [2.05, 4.69) is 0 Å². The van der Waals surface area contributed by atoms with Crippen molar-refractivity contribution in [1.82, 2.24) is 0 Å². The lowest BCUT2D eigenvalue weighted by atomic mass is 10.1. The average molecular weight is 248 g/mol. The van der Waals surface area contributed by atoms with Gasteiger partial charge in [0, 0.05) is 0 Å². The fourth-order valence-electron chi connectivity index (χ4n) is 1.24. The lowest BCUT2D eigenvalue weighted by Crippen LogP contribution is -2.23. The van der Waals surface area contributed by atoms with E-state index in [-0.39, 0.29) is 5.56 Å². The molecule has 1 atom stereocenters. The van der Waals surface area contributed by atoms with E-state index >= 15 is 0 Å². The molecule has 3 N–H and O–H groups in total. The van der Waals surface area contributed by atoms with Gasteiger partial charge in [0.25, 0.3) is 0 Å². The molecule has 0 aliphatic rings. The monoisotopic (exact) mass is 248 g/mol. The van der Waals surface area contributed by atoms with Crippen LogP contribution in [0.1, 0.15) is 5.56 Å². The predicted molar refractivity (Wildman–Crippen MR) is 53.6 cm³/mol. The van der Waals surface area contributed by atoms with E-state index in [1.165, 1.54) is 12.1 Å². The summed E-state index contributed by atoms with van der Waals surface area (Å²) in [6.07, 6.45) is -0.405. The summed E-state index contributed by atoms with van der Waals surface area (Å²) >= 11 is 0. The van der Waals surface area contributed by atoms with Gasteiger partial charge in [-0.2, -0.15) is 0 Å². The molecule has 0 aliphatic heterocycles. The molecule has 0 radical (unpaired) electrons. The maximum absolute atomic E-state index is 12.8. The molecule has 1 rings (SSSR count). The molecule has 5 nitrogen and oxygen atoms in total. The predicted octanol–water partition coefficient (Wildman–Crippen LogP) is 0.999. The lowest BCUT2D eigenvalue weighted by molar-refractivity contribution is -0.136. The van der Waals surface area contributed by atoms with Gasteiger partial charge in [0.15, 0.2) is 5.66 Å². The molecule has 7 heteroatoms. The van der Waals surface area contributed by atoms with Gasteiger partial charge >= 0.3 is 13.6 Å². The van der Waals surface area contributed by atoms with Crippen LogP contribution in [0.3, 0.4) is 0 Å². The number of carboxylic acids is 1. The van der Waals surface area contributed by atoms with Crippen LogP contribution < -0.4 is 0 Å². The summed E-state index contributed by atoms with van der Waals surface area (Å²) in [4.78, 5) is 28.3. The molecular formula is C9H10FO5P. The van der Waals surface area contributed by atoms with Gasteiger partial charge in [0.05, 0.1) is 0 Å². The number of benzene rings is 1. The van der Waals surface area contributed by atoms with Crippen LogP contribution in [0, 0.1) is 5.82 Å². The summed E-state index contributed by atoms with van der Waals surface area (Å²) in [6.45, 7) is 0. The smallest absolute Gasteiger partial charge is 0.340 e. The van der Waals surface area contributed by atoms with Gasteiger partial charge in [-0.3, -0.25) is 9.36 Å². The van der Waals surface area contributed by atoms with Crippen LogP contribution in [0.2, 0.25) is 0 Å². The van der Waals surface area contributed by atoms with Crippen LogP contribution in [0.4, 0.5) is 4.39 Å². The van der Waals surface area contributed by atoms with Gasteiger partial charge < -0.3 is 14.9 Å². The van der Waals surface area contributed by atoms with Crippen LogP contribution in [-0.4, -0.2) is 26.5 Å². The van der Waals surface area contributed by atoms with Crippen LogP contribution >= 0.6 is 7.60 Å². The van der Waals surface area contributed by atoms with Gasteiger partial charge in [-0.05, 0) is 24.1 Å². The highest BCUT2D eigenvalue weighted by molar-refractivity contribution is 7.53. The molecule has 1 unspecified atom stereocenters. The third-order valence-corrected chi connectivity index (χ3v) is 3.22. The molecule has 0 amide bonds. The van der Waals surface area contributed by atoms with Gasteiger partial charge in [0.1, 0.15) is 5.82 Å². The second-order valence-electron chi connectivity index (χ2n) is 3.28. The highest BCUT2D eigenvalue weighted by Crippen LogP contribution is 2.42. The molecular weight excluding hydrogens is 238 g/mol. The van der Waals surface area contributed by atoms with Crippen LogP contribution in [0.15, 0.2) is 24.3 Å². The van der Waals surface area contributed by atoms with Crippen molar-refractivity contribution in [2.45, 2.75) is 12.1 Å². The first-order valence-electron chi connectivity index (χ1n) is 4.33. The number of carboxylic acid groups (broad SMARTS) is 1. The van der Waals surface area contributed by atoms with Crippen molar-refractivity contribution < 1.29 is 28.6 Å². The zero-order valence-corrected chi connectivity index (χ0v) is 8.97. The summed E-state index contributed by atoms with van der Waals surface area (Å²) in [7, 11) is -4.73. The van der Waals surface area contributed by atoms with Gasteiger partial charge in [-0.15, -0.1) is 0 Å². The van der Waals surface area contributed by atoms with Crippen molar-refractivity contribution in [3.05, 3.63) is 35.6 Å². The third kappa shape index (κ3) is 3.41. The maximum atomic E-state index is 12.8. The van der Waals surface area contributed by atoms with E-state index in [0.29, 0.717) is 0 Å². The zero-order chi connectivity index (χ0) is 12.3. The molecule has 1 aromatic carbocycles. The van der Waals surface area contributed by atoms with E-state index in [9.17, 15) is 13.8 Å². The fourth-order valence-corrected chi connectivity index (χ4v) is 1.97. The second kappa shape index (κ2) is 4.74. The number of hydrogen-bond donors (Lipinski definition) is 3. The number of aliphatic carboxylic acids is 1. The first-order chi connectivity index (χ1) is 7.30. The average Bonchev–Trinajstić information content (AvgIpc) is 2.12.